The first kappa shape index (κ1) is 23.3. The minimum absolute atomic E-state index is 0.0489. The Balaban J connectivity index is 1.30. The smallest absolute Gasteiger partial charge is 0.410 e. The fraction of sp³-hybridized carbons (Fsp3) is 0.750. The SMILES string of the molecule is C=Cc1nc(OC[C@@]23CCCN2C[C@H](F)C3)nc(N2C[C@H]3CC[C@@H](C2)N3C(=O)OC(C)(C)C)n1. The van der Waals surface area contributed by atoms with Crippen LogP contribution in [0.2, 0.25) is 0 Å². The monoisotopic (exact) mass is 474 g/mol. The highest BCUT2D eigenvalue weighted by molar-refractivity contribution is 5.70. The zero-order valence-corrected chi connectivity index (χ0v) is 20.4. The van der Waals surface area contributed by atoms with Gasteiger partial charge in [-0.15, -0.1) is 0 Å². The Morgan fingerprint density at radius 2 is 1.94 bits per heavy atom. The van der Waals surface area contributed by atoms with Gasteiger partial charge in [0.2, 0.25) is 5.95 Å². The number of anilines is 1. The van der Waals surface area contributed by atoms with E-state index in [9.17, 15) is 9.18 Å². The van der Waals surface area contributed by atoms with Crippen molar-refractivity contribution < 1.29 is 18.7 Å². The first-order chi connectivity index (χ1) is 16.2. The standard InChI is InChI=1S/C24H35FN6O3/c1-5-19-26-20(28-21(27-19)33-15-24-9-6-10-30(24)12-16(25)11-24)29-13-17-7-8-18(14-29)31(17)22(32)34-23(2,3)4/h5,16-18H,1,6-15H2,2-4H3/t16-,17-,18+,24+/m1/s1. The average molecular weight is 475 g/mol. The molecule has 2 bridgehead atoms. The van der Waals surface area contributed by atoms with Crippen molar-refractivity contribution >= 4 is 18.1 Å². The third-order valence-electron chi connectivity index (χ3n) is 7.40. The number of ether oxygens (including phenoxy) is 2. The third-order valence-corrected chi connectivity index (χ3v) is 7.40. The van der Waals surface area contributed by atoms with Gasteiger partial charge in [0.15, 0.2) is 5.82 Å². The van der Waals surface area contributed by atoms with Gasteiger partial charge in [0.25, 0.3) is 0 Å². The molecule has 0 radical (unpaired) electrons. The van der Waals surface area contributed by atoms with Crippen molar-refractivity contribution in [2.24, 2.45) is 0 Å². The Kier molecular flexibility index (Phi) is 5.90. The van der Waals surface area contributed by atoms with Gasteiger partial charge < -0.3 is 14.4 Å². The highest BCUT2D eigenvalue weighted by Gasteiger charge is 2.49. The second-order valence-electron chi connectivity index (χ2n) is 11.0. The Hall–Kier alpha value is -2.49. The average Bonchev–Trinajstić information content (AvgIpc) is 3.38. The summed E-state index contributed by atoms with van der Waals surface area (Å²) in [6.45, 7) is 12.5. The maximum Gasteiger partial charge on any atom is 0.410 e. The number of alkyl halides is 1. The zero-order valence-electron chi connectivity index (χ0n) is 20.4. The highest BCUT2D eigenvalue weighted by Crippen LogP contribution is 2.40. The van der Waals surface area contributed by atoms with Crippen LogP contribution in [-0.2, 0) is 4.74 Å². The van der Waals surface area contributed by atoms with Crippen LogP contribution in [0.4, 0.5) is 15.1 Å². The number of hydrogen-bond donors (Lipinski definition) is 0. The molecule has 4 aliphatic heterocycles. The van der Waals surface area contributed by atoms with Crippen LogP contribution in [0.25, 0.3) is 6.08 Å². The molecule has 4 fully saturated rings. The first-order valence-electron chi connectivity index (χ1n) is 12.3. The molecule has 4 saturated heterocycles. The molecule has 1 amide bonds. The summed E-state index contributed by atoms with van der Waals surface area (Å²) in [6, 6.07) is 0.339. The second kappa shape index (κ2) is 8.62. The molecule has 186 valence electrons. The van der Waals surface area contributed by atoms with Crippen molar-refractivity contribution in [2.45, 2.75) is 82.3 Å². The van der Waals surface area contributed by atoms with Crippen molar-refractivity contribution in [3.8, 4) is 6.01 Å². The lowest BCUT2D eigenvalue weighted by molar-refractivity contribution is 0.0122. The fourth-order valence-electron chi connectivity index (χ4n) is 5.98. The van der Waals surface area contributed by atoms with Gasteiger partial charge in [-0.1, -0.05) is 6.58 Å². The van der Waals surface area contributed by atoms with Crippen LogP contribution in [0.1, 0.15) is 58.7 Å². The second-order valence-corrected chi connectivity index (χ2v) is 11.0. The summed E-state index contributed by atoms with van der Waals surface area (Å²) in [6.07, 6.45) is 4.84. The number of hydrogen-bond acceptors (Lipinski definition) is 8. The van der Waals surface area contributed by atoms with E-state index in [1.165, 1.54) is 0 Å². The van der Waals surface area contributed by atoms with Crippen LogP contribution >= 0.6 is 0 Å². The molecule has 5 heterocycles. The van der Waals surface area contributed by atoms with Gasteiger partial charge in [-0.05, 0) is 59.1 Å². The Labute approximate surface area is 200 Å². The van der Waals surface area contributed by atoms with Crippen molar-refractivity contribution in [3.63, 3.8) is 0 Å². The number of aromatic nitrogens is 3. The molecule has 0 unspecified atom stereocenters. The van der Waals surface area contributed by atoms with Crippen molar-refractivity contribution in [2.75, 3.05) is 37.7 Å². The molecule has 34 heavy (non-hydrogen) atoms. The van der Waals surface area contributed by atoms with Crippen molar-refractivity contribution in [1.82, 2.24) is 24.8 Å². The molecule has 9 nitrogen and oxygen atoms in total. The van der Waals surface area contributed by atoms with E-state index in [0.717, 1.165) is 32.2 Å². The van der Waals surface area contributed by atoms with E-state index in [-0.39, 0.29) is 29.7 Å². The van der Waals surface area contributed by atoms with Gasteiger partial charge in [0.1, 0.15) is 18.4 Å². The number of carbonyl (C=O) groups excluding carboxylic acids is 1. The van der Waals surface area contributed by atoms with Crippen LogP contribution in [0, 0.1) is 0 Å². The Morgan fingerprint density at radius 3 is 2.62 bits per heavy atom. The van der Waals surface area contributed by atoms with Crippen LogP contribution in [0.5, 0.6) is 6.01 Å². The summed E-state index contributed by atoms with van der Waals surface area (Å²) in [7, 11) is 0. The van der Waals surface area contributed by atoms with Crippen molar-refractivity contribution in [3.05, 3.63) is 12.4 Å². The lowest BCUT2D eigenvalue weighted by atomic mass is 9.95. The van der Waals surface area contributed by atoms with Crippen LogP contribution < -0.4 is 9.64 Å². The Bertz CT molecular complexity index is 941. The maximum atomic E-state index is 14.1. The summed E-state index contributed by atoms with van der Waals surface area (Å²) < 4.78 is 25.8. The molecule has 0 N–H and O–H groups in total. The van der Waals surface area contributed by atoms with Gasteiger partial charge in [-0.25, -0.2) is 9.18 Å². The van der Waals surface area contributed by atoms with Gasteiger partial charge in [0.05, 0.1) is 17.6 Å². The summed E-state index contributed by atoms with van der Waals surface area (Å²) in [4.78, 5) is 32.5. The first-order valence-corrected chi connectivity index (χ1v) is 12.3. The molecule has 10 heteroatoms. The number of rotatable bonds is 5. The minimum Gasteiger partial charge on any atom is -0.461 e. The van der Waals surface area contributed by atoms with Crippen LogP contribution in [0.3, 0.4) is 0 Å². The van der Waals surface area contributed by atoms with E-state index in [0.29, 0.717) is 44.4 Å². The van der Waals surface area contributed by atoms with Crippen LogP contribution in [0.15, 0.2) is 6.58 Å². The largest absolute Gasteiger partial charge is 0.461 e. The van der Waals surface area contributed by atoms with Crippen molar-refractivity contribution in [1.29, 1.82) is 0 Å². The molecule has 1 aromatic rings. The quantitative estimate of drug-likeness (QED) is 0.644. The van der Waals surface area contributed by atoms with E-state index in [4.69, 9.17) is 9.47 Å². The molecule has 4 aliphatic rings. The topological polar surface area (TPSA) is 83.9 Å². The third kappa shape index (κ3) is 4.44. The summed E-state index contributed by atoms with van der Waals surface area (Å²) in [5.41, 5.74) is -0.790. The van der Waals surface area contributed by atoms with Gasteiger partial charge >= 0.3 is 12.1 Å². The number of amides is 1. The number of fused-ring (bicyclic) bond motifs is 3. The minimum atomic E-state index is -0.807. The summed E-state index contributed by atoms with van der Waals surface area (Å²) >= 11 is 0. The van der Waals surface area contributed by atoms with E-state index >= 15 is 0 Å². The fourth-order valence-corrected chi connectivity index (χ4v) is 5.98. The molecule has 5 rings (SSSR count). The normalized spacial score (nSPS) is 31.0. The molecule has 0 aliphatic carbocycles. The number of halogens is 1. The predicted octanol–water partition coefficient (Wildman–Crippen LogP) is 3.06. The summed E-state index contributed by atoms with van der Waals surface area (Å²) in [5.74, 6) is 0.966. The van der Waals surface area contributed by atoms with E-state index in [1.807, 2.05) is 25.7 Å². The molecule has 4 atom stereocenters. The Morgan fingerprint density at radius 1 is 1.21 bits per heavy atom. The zero-order chi connectivity index (χ0) is 24.1. The molecule has 1 aromatic heterocycles. The molecule has 0 aromatic carbocycles. The number of piperazine rings is 1. The highest BCUT2D eigenvalue weighted by atomic mass is 19.1. The van der Waals surface area contributed by atoms with Gasteiger partial charge in [-0.3, -0.25) is 9.80 Å². The van der Waals surface area contributed by atoms with Gasteiger partial charge in [-0.2, -0.15) is 15.0 Å². The van der Waals surface area contributed by atoms with Gasteiger partial charge in [0, 0.05) is 26.1 Å². The lowest BCUT2D eigenvalue weighted by Gasteiger charge is -2.41. The van der Waals surface area contributed by atoms with E-state index in [2.05, 4.69) is 31.3 Å². The summed E-state index contributed by atoms with van der Waals surface area (Å²) in [5, 5.41) is 0. The maximum absolute atomic E-state index is 14.1. The van der Waals surface area contributed by atoms with Crippen LogP contribution in [-0.4, -0.2) is 93.0 Å². The molecule has 0 saturated carbocycles. The lowest BCUT2D eigenvalue weighted by Crippen LogP contribution is -2.57. The number of nitrogens with zero attached hydrogens (tertiary/aromatic N) is 6. The number of carbonyl (C=O) groups is 1. The van der Waals surface area contributed by atoms with E-state index in [1.54, 1.807) is 6.08 Å². The molecular formula is C24H35FN6O3. The molecular weight excluding hydrogens is 439 g/mol. The predicted molar refractivity (Wildman–Crippen MR) is 126 cm³/mol. The van der Waals surface area contributed by atoms with E-state index < -0.39 is 11.8 Å². The molecule has 0 spiro atoms.